The molecule has 3 heterocycles. The number of nitrogens with zero attached hydrogens (tertiary/aromatic N) is 3. The van der Waals surface area contributed by atoms with Crippen LogP contribution in [0.4, 0.5) is 4.39 Å². The lowest BCUT2D eigenvalue weighted by Gasteiger charge is -2.15. The van der Waals surface area contributed by atoms with Gasteiger partial charge in [0.25, 0.3) is 0 Å². The molecule has 7 nitrogen and oxygen atoms in total. The SMILES string of the molecule is Cc1c(C(=O)Cc2ccc(Oc3ncnc4[nH]cc(-c5ccccc5)c34)c(F)c2)c(=O)c2cc(C(C)C)ccc2n1C. The van der Waals surface area contributed by atoms with Gasteiger partial charge < -0.3 is 14.3 Å². The lowest BCUT2D eigenvalue weighted by Crippen LogP contribution is -2.23. The van der Waals surface area contributed by atoms with E-state index < -0.39 is 5.82 Å². The number of carbonyl (C=O) groups is 1. The Bertz CT molecular complexity index is 2040. The van der Waals surface area contributed by atoms with Crippen LogP contribution in [0.3, 0.4) is 0 Å². The van der Waals surface area contributed by atoms with Gasteiger partial charge in [0, 0.05) is 36.3 Å². The minimum absolute atomic E-state index is 0.0366. The minimum atomic E-state index is -0.645. The number of aryl methyl sites for hydroxylation is 1. The molecule has 0 bridgehead atoms. The fourth-order valence-electron chi connectivity index (χ4n) is 5.33. The van der Waals surface area contributed by atoms with Gasteiger partial charge in [0.05, 0.1) is 16.5 Å². The van der Waals surface area contributed by atoms with Crippen LogP contribution >= 0.6 is 0 Å². The van der Waals surface area contributed by atoms with Gasteiger partial charge >= 0.3 is 0 Å². The molecule has 3 aromatic carbocycles. The highest BCUT2D eigenvalue weighted by molar-refractivity contribution is 6.01. The van der Waals surface area contributed by atoms with Crippen molar-refractivity contribution in [3.05, 3.63) is 118 Å². The summed E-state index contributed by atoms with van der Waals surface area (Å²) in [5, 5.41) is 1.13. The average Bonchev–Trinajstić information content (AvgIpc) is 3.43. The molecule has 0 amide bonds. The number of carbonyl (C=O) groups excluding carboxylic acids is 1. The molecule has 42 heavy (non-hydrogen) atoms. The van der Waals surface area contributed by atoms with Crippen LogP contribution in [0, 0.1) is 12.7 Å². The van der Waals surface area contributed by atoms with E-state index in [0.29, 0.717) is 27.7 Å². The van der Waals surface area contributed by atoms with E-state index >= 15 is 4.39 Å². The summed E-state index contributed by atoms with van der Waals surface area (Å²) in [6.07, 6.45) is 3.04. The van der Waals surface area contributed by atoms with E-state index in [-0.39, 0.29) is 40.7 Å². The van der Waals surface area contributed by atoms with Crippen molar-refractivity contribution in [1.29, 1.82) is 0 Å². The standard InChI is InChI=1S/C34H29FN4O3/c1-19(2)23-11-12-27-24(16-23)32(41)30(20(3)39(27)4)28(40)15-21-10-13-29(26(35)14-21)42-34-31-25(22-8-6-5-7-9-22)17-36-33(31)37-18-38-34/h5-14,16-19H,15H2,1-4H3,(H,36,37,38). The first-order chi connectivity index (χ1) is 20.2. The molecule has 0 radical (unpaired) electrons. The Labute approximate surface area is 241 Å². The van der Waals surface area contributed by atoms with E-state index in [1.165, 1.54) is 18.5 Å². The number of Topliss-reactive ketones (excluding diaryl/α,β-unsaturated/α-hetero) is 1. The molecule has 0 spiro atoms. The number of rotatable bonds is 7. The van der Waals surface area contributed by atoms with Gasteiger partial charge in [0.1, 0.15) is 12.0 Å². The number of nitrogens with one attached hydrogen (secondary N) is 1. The second-order valence-electron chi connectivity index (χ2n) is 10.7. The van der Waals surface area contributed by atoms with Crippen molar-refractivity contribution in [1.82, 2.24) is 19.5 Å². The zero-order chi connectivity index (χ0) is 29.5. The Balaban J connectivity index is 1.30. The van der Waals surface area contributed by atoms with E-state index in [4.69, 9.17) is 4.74 Å². The highest BCUT2D eigenvalue weighted by atomic mass is 19.1. The van der Waals surface area contributed by atoms with Crippen LogP contribution in [-0.4, -0.2) is 25.3 Å². The quantitative estimate of drug-likeness (QED) is 0.208. The predicted molar refractivity (Wildman–Crippen MR) is 162 cm³/mol. The van der Waals surface area contributed by atoms with E-state index in [1.54, 1.807) is 13.0 Å². The van der Waals surface area contributed by atoms with Gasteiger partial charge in [0.2, 0.25) is 5.88 Å². The number of H-pyrrole nitrogens is 1. The summed E-state index contributed by atoms with van der Waals surface area (Å²) in [6, 6.07) is 19.8. The Hall–Kier alpha value is -5.11. The number of ketones is 1. The van der Waals surface area contributed by atoms with Gasteiger partial charge in [-0.05, 0) is 53.8 Å². The number of pyridine rings is 1. The second-order valence-corrected chi connectivity index (χ2v) is 10.7. The summed E-state index contributed by atoms with van der Waals surface area (Å²) in [6.45, 7) is 5.87. The molecule has 0 saturated carbocycles. The van der Waals surface area contributed by atoms with Crippen molar-refractivity contribution in [2.24, 2.45) is 7.05 Å². The van der Waals surface area contributed by atoms with Gasteiger partial charge in [-0.1, -0.05) is 56.3 Å². The molecule has 0 saturated heterocycles. The lowest BCUT2D eigenvalue weighted by atomic mass is 9.96. The van der Waals surface area contributed by atoms with E-state index in [2.05, 4.69) is 28.8 Å². The van der Waals surface area contributed by atoms with Crippen LogP contribution in [0.15, 0.2) is 84.0 Å². The molecule has 8 heteroatoms. The number of hydrogen-bond donors (Lipinski definition) is 1. The van der Waals surface area contributed by atoms with Crippen molar-refractivity contribution < 1.29 is 13.9 Å². The molecule has 0 aliphatic heterocycles. The molecule has 0 aliphatic carbocycles. The third kappa shape index (κ3) is 4.75. The fraction of sp³-hybridized carbons (Fsp3) is 0.176. The van der Waals surface area contributed by atoms with E-state index in [9.17, 15) is 9.59 Å². The Kier molecular flexibility index (Phi) is 6.90. The maximum atomic E-state index is 15.3. The Morgan fingerprint density at radius 3 is 2.57 bits per heavy atom. The van der Waals surface area contributed by atoms with Crippen LogP contribution in [0.5, 0.6) is 11.6 Å². The first kappa shape index (κ1) is 27.1. The molecule has 0 unspecified atom stereocenters. The average molecular weight is 561 g/mol. The van der Waals surface area contributed by atoms with Crippen molar-refractivity contribution in [3.63, 3.8) is 0 Å². The molecule has 6 rings (SSSR count). The van der Waals surface area contributed by atoms with Crippen molar-refractivity contribution in [3.8, 4) is 22.8 Å². The summed E-state index contributed by atoms with van der Waals surface area (Å²) in [5.41, 5.74) is 4.95. The molecule has 1 N–H and O–H groups in total. The molecule has 210 valence electrons. The third-order valence-electron chi connectivity index (χ3n) is 7.75. The number of halogens is 1. The number of aromatic nitrogens is 4. The summed E-state index contributed by atoms with van der Waals surface area (Å²) in [4.78, 5) is 38.6. The zero-order valence-electron chi connectivity index (χ0n) is 23.7. The Morgan fingerprint density at radius 2 is 1.83 bits per heavy atom. The molecule has 0 fully saturated rings. The van der Waals surface area contributed by atoms with Crippen molar-refractivity contribution in [2.75, 3.05) is 0 Å². The number of fused-ring (bicyclic) bond motifs is 2. The topological polar surface area (TPSA) is 89.9 Å². The lowest BCUT2D eigenvalue weighted by molar-refractivity contribution is 0.0990. The largest absolute Gasteiger partial charge is 0.435 e. The molecular formula is C34H29FN4O3. The highest BCUT2D eigenvalue weighted by Gasteiger charge is 2.21. The smallest absolute Gasteiger partial charge is 0.232 e. The molecule has 6 aromatic rings. The number of hydrogen-bond acceptors (Lipinski definition) is 5. The predicted octanol–water partition coefficient (Wildman–Crippen LogP) is 7.27. The van der Waals surface area contributed by atoms with Gasteiger partial charge in [-0.2, -0.15) is 0 Å². The number of ether oxygens (including phenoxy) is 1. The minimum Gasteiger partial charge on any atom is -0.435 e. The fourth-order valence-corrected chi connectivity index (χ4v) is 5.33. The third-order valence-corrected chi connectivity index (χ3v) is 7.75. The van der Waals surface area contributed by atoms with Gasteiger partial charge in [-0.15, -0.1) is 0 Å². The van der Waals surface area contributed by atoms with Crippen LogP contribution in [0.1, 0.15) is 46.9 Å². The summed E-state index contributed by atoms with van der Waals surface area (Å²) >= 11 is 0. The van der Waals surface area contributed by atoms with Gasteiger partial charge in [-0.25, -0.2) is 14.4 Å². The zero-order valence-corrected chi connectivity index (χ0v) is 23.7. The molecular weight excluding hydrogens is 531 g/mol. The highest BCUT2D eigenvalue weighted by Crippen LogP contribution is 2.36. The van der Waals surface area contributed by atoms with Gasteiger partial charge in [0.15, 0.2) is 22.8 Å². The maximum absolute atomic E-state index is 15.3. The number of benzene rings is 3. The van der Waals surface area contributed by atoms with Gasteiger partial charge in [-0.3, -0.25) is 9.59 Å². The molecule has 3 aromatic heterocycles. The van der Waals surface area contributed by atoms with Crippen LogP contribution in [0.25, 0.3) is 33.1 Å². The van der Waals surface area contributed by atoms with Crippen molar-refractivity contribution in [2.45, 2.75) is 33.1 Å². The first-order valence-electron chi connectivity index (χ1n) is 13.7. The summed E-state index contributed by atoms with van der Waals surface area (Å²) < 4.78 is 23.1. The van der Waals surface area contributed by atoms with Crippen LogP contribution in [-0.2, 0) is 13.5 Å². The maximum Gasteiger partial charge on any atom is 0.232 e. The summed E-state index contributed by atoms with van der Waals surface area (Å²) in [5.74, 6) is -0.600. The molecule has 0 atom stereocenters. The molecule has 0 aliphatic rings. The van der Waals surface area contributed by atoms with Crippen LogP contribution < -0.4 is 10.2 Å². The number of aromatic amines is 1. The van der Waals surface area contributed by atoms with E-state index in [1.807, 2.05) is 66.3 Å². The van der Waals surface area contributed by atoms with Crippen LogP contribution in [0.2, 0.25) is 0 Å². The Morgan fingerprint density at radius 1 is 1.05 bits per heavy atom. The van der Waals surface area contributed by atoms with E-state index in [0.717, 1.165) is 22.2 Å². The second kappa shape index (κ2) is 10.7. The van der Waals surface area contributed by atoms with Crippen molar-refractivity contribution >= 4 is 27.7 Å². The normalized spacial score (nSPS) is 11.5. The summed E-state index contributed by atoms with van der Waals surface area (Å²) in [7, 11) is 1.84. The monoisotopic (exact) mass is 560 g/mol. The first-order valence-corrected chi connectivity index (χ1v) is 13.7.